The highest BCUT2D eigenvalue weighted by Gasteiger charge is 2.28. The molecule has 4 nitrogen and oxygen atoms in total. The van der Waals surface area contributed by atoms with Gasteiger partial charge in [0.2, 0.25) is 10.9 Å². The van der Waals surface area contributed by atoms with Crippen LogP contribution in [0.2, 0.25) is 0 Å². The molecule has 5 heteroatoms. The van der Waals surface area contributed by atoms with Crippen molar-refractivity contribution in [2.24, 2.45) is 0 Å². The summed E-state index contributed by atoms with van der Waals surface area (Å²) < 4.78 is 22.6. The fourth-order valence-corrected chi connectivity index (χ4v) is 2.47. The van der Waals surface area contributed by atoms with E-state index in [-0.39, 0.29) is 12.1 Å². The van der Waals surface area contributed by atoms with Crippen LogP contribution in [-0.2, 0) is 10.9 Å². The maximum absolute atomic E-state index is 10.7. The first kappa shape index (κ1) is 10.9. The summed E-state index contributed by atoms with van der Waals surface area (Å²) in [7, 11) is 0.935. The van der Waals surface area contributed by atoms with Gasteiger partial charge in [-0.1, -0.05) is 6.42 Å². The second-order valence-corrected chi connectivity index (χ2v) is 4.56. The molecule has 0 aromatic rings. The third-order valence-corrected chi connectivity index (χ3v) is 3.19. The first-order valence-corrected chi connectivity index (χ1v) is 5.70. The third-order valence-electron chi connectivity index (χ3n) is 2.60. The average molecular weight is 205 g/mol. The largest absolute Gasteiger partial charge is 0.223 e. The molecule has 1 aliphatic rings. The standard InChI is InChI=1S/C8H17N2O2S/c1-7-5-4-6-8(2)10(7)9(3)13(11)12/h7-8,13H,3-6H2,1-2H3. The molecule has 1 saturated heterocycles. The molecule has 0 amide bonds. The molecule has 1 heterocycles. The van der Waals surface area contributed by atoms with Gasteiger partial charge in [-0.25, -0.2) is 13.4 Å². The monoisotopic (exact) mass is 205 g/mol. The molecule has 0 spiro atoms. The quantitative estimate of drug-likeness (QED) is 0.677. The molecule has 1 rings (SSSR count). The predicted octanol–water partition coefficient (Wildman–Crippen LogP) is 0.784. The van der Waals surface area contributed by atoms with Crippen molar-refractivity contribution >= 4 is 10.9 Å². The minimum atomic E-state index is -2.59. The van der Waals surface area contributed by atoms with Gasteiger partial charge in [-0.2, -0.15) is 0 Å². The molecule has 0 aliphatic carbocycles. The van der Waals surface area contributed by atoms with E-state index in [2.05, 4.69) is 7.05 Å². The van der Waals surface area contributed by atoms with Crippen LogP contribution in [0.5, 0.6) is 0 Å². The van der Waals surface area contributed by atoms with Gasteiger partial charge < -0.3 is 0 Å². The van der Waals surface area contributed by atoms with Gasteiger partial charge in [0.05, 0.1) is 0 Å². The number of rotatable bonds is 2. The summed E-state index contributed by atoms with van der Waals surface area (Å²) in [6.45, 7) is 4.07. The van der Waals surface area contributed by atoms with E-state index < -0.39 is 10.9 Å². The highest BCUT2D eigenvalue weighted by molar-refractivity contribution is 7.69. The van der Waals surface area contributed by atoms with Crippen LogP contribution >= 0.6 is 0 Å². The molecule has 1 aliphatic heterocycles. The van der Waals surface area contributed by atoms with Crippen molar-refractivity contribution < 1.29 is 8.42 Å². The van der Waals surface area contributed by atoms with E-state index in [1.54, 1.807) is 0 Å². The normalized spacial score (nSPS) is 31.5. The number of piperidine rings is 1. The van der Waals surface area contributed by atoms with Crippen LogP contribution in [0, 0.1) is 7.05 Å². The summed E-state index contributed by atoms with van der Waals surface area (Å²) in [5.74, 6) is 0. The first-order valence-electron chi connectivity index (χ1n) is 4.57. The lowest BCUT2D eigenvalue weighted by Crippen LogP contribution is -2.51. The summed E-state index contributed by atoms with van der Waals surface area (Å²) in [5, 5.41) is 1.84. The summed E-state index contributed by atoms with van der Waals surface area (Å²) in [6.07, 6.45) is 3.25. The molecule has 0 saturated carbocycles. The van der Waals surface area contributed by atoms with Gasteiger partial charge in [0.25, 0.3) is 0 Å². The Balaban J connectivity index is 2.73. The van der Waals surface area contributed by atoms with E-state index in [9.17, 15) is 8.42 Å². The zero-order chi connectivity index (χ0) is 10.0. The SMILES string of the molecule is [CH2]N(N1C(C)CCCC1C)[SH](=O)=O. The van der Waals surface area contributed by atoms with E-state index in [0.717, 1.165) is 17.3 Å². The Morgan fingerprint density at radius 1 is 1.31 bits per heavy atom. The molecule has 1 radical (unpaired) electrons. The second kappa shape index (κ2) is 4.39. The lowest BCUT2D eigenvalue weighted by atomic mass is 10.00. The van der Waals surface area contributed by atoms with Crippen molar-refractivity contribution in [3.8, 4) is 0 Å². The van der Waals surface area contributed by atoms with Crippen LogP contribution in [0.15, 0.2) is 0 Å². The van der Waals surface area contributed by atoms with Gasteiger partial charge >= 0.3 is 0 Å². The van der Waals surface area contributed by atoms with Crippen LogP contribution in [0.25, 0.3) is 0 Å². The lowest BCUT2D eigenvalue weighted by Gasteiger charge is -2.41. The van der Waals surface area contributed by atoms with Crippen LogP contribution in [0.4, 0.5) is 0 Å². The highest BCUT2D eigenvalue weighted by Crippen LogP contribution is 2.23. The van der Waals surface area contributed by atoms with Crippen LogP contribution in [-0.4, -0.2) is 29.9 Å². The Morgan fingerprint density at radius 2 is 1.77 bits per heavy atom. The zero-order valence-corrected chi connectivity index (χ0v) is 9.04. The van der Waals surface area contributed by atoms with E-state index in [4.69, 9.17) is 0 Å². The molecule has 2 atom stereocenters. The van der Waals surface area contributed by atoms with Crippen molar-refractivity contribution in [2.75, 3.05) is 0 Å². The Kier molecular flexibility index (Phi) is 3.70. The smallest absolute Gasteiger partial charge is 0.216 e. The molecule has 2 unspecified atom stereocenters. The Bertz CT molecular complexity index is 224. The molecular formula is C8H17N2O2S. The van der Waals surface area contributed by atoms with Crippen molar-refractivity contribution in [3.63, 3.8) is 0 Å². The van der Waals surface area contributed by atoms with Gasteiger partial charge in [-0.15, -0.1) is 4.41 Å². The van der Waals surface area contributed by atoms with Crippen LogP contribution < -0.4 is 0 Å². The summed E-state index contributed by atoms with van der Waals surface area (Å²) in [6, 6.07) is 0.545. The van der Waals surface area contributed by atoms with Crippen LogP contribution in [0.3, 0.4) is 0 Å². The average Bonchev–Trinajstić information content (AvgIpc) is 2.03. The van der Waals surface area contributed by atoms with E-state index >= 15 is 0 Å². The molecule has 0 aromatic carbocycles. The second-order valence-electron chi connectivity index (χ2n) is 3.62. The van der Waals surface area contributed by atoms with Crippen molar-refractivity contribution in [3.05, 3.63) is 7.05 Å². The minimum absolute atomic E-state index is 0.272. The van der Waals surface area contributed by atoms with E-state index in [0.29, 0.717) is 0 Å². The number of nitrogens with zero attached hydrogens (tertiary/aromatic N) is 2. The minimum Gasteiger partial charge on any atom is -0.223 e. The molecule has 13 heavy (non-hydrogen) atoms. The molecule has 77 valence electrons. The number of thiol groups is 1. The van der Waals surface area contributed by atoms with E-state index in [1.165, 1.54) is 6.42 Å². The molecule has 0 N–H and O–H groups in total. The maximum Gasteiger partial charge on any atom is 0.216 e. The fraction of sp³-hybridized carbons (Fsp3) is 0.875. The molecular weight excluding hydrogens is 188 g/mol. The van der Waals surface area contributed by atoms with Crippen molar-refractivity contribution in [2.45, 2.75) is 45.2 Å². The first-order chi connectivity index (χ1) is 6.04. The van der Waals surface area contributed by atoms with Gasteiger partial charge in [-0.05, 0) is 26.7 Å². The van der Waals surface area contributed by atoms with E-state index in [1.807, 2.05) is 18.9 Å². The third kappa shape index (κ3) is 2.42. The van der Waals surface area contributed by atoms with Crippen molar-refractivity contribution in [1.29, 1.82) is 0 Å². The van der Waals surface area contributed by atoms with Gasteiger partial charge in [0, 0.05) is 19.1 Å². The predicted molar refractivity (Wildman–Crippen MR) is 52.1 cm³/mol. The van der Waals surface area contributed by atoms with Gasteiger partial charge in [0.15, 0.2) is 0 Å². The molecule has 0 bridgehead atoms. The van der Waals surface area contributed by atoms with Crippen LogP contribution in [0.1, 0.15) is 33.1 Å². The topological polar surface area (TPSA) is 40.6 Å². The molecule has 1 fully saturated rings. The zero-order valence-electron chi connectivity index (χ0n) is 8.14. The number of hydrazine groups is 1. The summed E-state index contributed by atoms with van der Waals surface area (Å²) in [4.78, 5) is 0. The maximum atomic E-state index is 10.7. The lowest BCUT2D eigenvalue weighted by molar-refractivity contribution is -0.0136. The fourth-order valence-electron chi connectivity index (χ4n) is 1.95. The van der Waals surface area contributed by atoms with Gasteiger partial charge in [0.1, 0.15) is 0 Å². The van der Waals surface area contributed by atoms with Crippen molar-refractivity contribution in [1.82, 2.24) is 9.42 Å². The number of hydrogen-bond donors (Lipinski definition) is 1. The highest BCUT2D eigenvalue weighted by atomic mass is 32.2. The Labute approximate surface area is 81.6 Å². The Hall–Kier alpha value is -0.130. The molecule has 0 aromatic heterocycles. The summed E-state index contributed by atoms with van der Waals surface area (Å²) in [5.41, 5.74) is 0. The Morgan fingerprint density at radius 3 is 2.15 bits per heavy atom. The summed E-state index contributed by atoms with van der Waals surface area (Å²) >= 11 is 0. The van der Waals surface area contributed by atoms with Gasteiger partial charge in [-0.3, -0.25) is 0 Å². The number of hydrogen-bond acceptors (Lipinski definition) is 3.